The summed E-state index contributed by atoms with van der Waals surface area (Å²) in [7, 11) is 0. The first-order chi connectivity index (χ1) is 9.13. The summed E-state index contributed by atoms with van der Waals surface area (Å²) in [6.07, 6.45) is 1.30. The maximum Gasteiger partial charge on any atom is 0.0894 e. The lowest BCUT2D eigenvalue weighted by atomic mass is 9.94. The van der Waals surface area contributed by atoms with Crippen LogP contribution in [-0.2, 0) is 4.74 Å². The molecule has 2 N–H and O–H groups in total. The minimum absolute atomic E-state index is 0.0282. The molecule has 1 heterocycles. The number of rotatable bonds is 4. The lowest BCUT2D eigenvalue weighted by molar-refractivity contribution is -0.0408. The topological polar surface area (TPSA) is 38.5 Å². The van der Waals surface area contributed by atoms with Gasteiger partial charge in [0.15, 0.2) is 0 Å². The molecular formula is C16H26N2O. The van der Waals surface area contributed by atoms with E-state index in [1.807, 2.05) is 0 Å². The van der Waals surface area contributed by atoms with Gasteiger partial charge in [0.1, 0.15) is 0 Å². The van der Waals surface area contributed by atoms with Gasteiger partial charge in [-0.1, -0.05) is 25.1 Å². The monoisotopic (exact) mass is 262 g/mol. The fourth-order valence-corrected chi connectivity index (χ4v) is 2.80. The molecule has 106 valence electrons. The van der Waals surface area contributed by atoms with E-state index in [1.54, 1.807) is 0 Å². The number of morpholine rings is 1. The third kappa shape index (κ3) is 3.35. The van der Waals surface area contributed by atoms with E-state index in [4.69, 9.17) is 10.5 Å². The van der Waals surface area contributed by atoms with E-state index >= 15 is 0 Å². The van der Waals surface area contributed by atoms with E-state index in [0.717, 1.165) is 26.2 Å². The maximum absolute atomic E-state index is 6.45. The van der Waals surface area contributed by atoms with Crippen molar-refractivity contribution in [1.82, 2.24) is 4.90 Å². The summed E-state index contributed by atoms with van der Waals surface area (Å²) in [5.41, 5.74) is 10.3. The maximum atomic E-state index is 6.45. The molecule has 0 aromatic heterocycles. The van der Waals surface area contributed by atoms with Gasteiger partial charge in [-0.15, -0.1) is 0 Å². The minimum Gasteiger partial charge on any atom is -0.374 e. The average molecular weight is 262 g/mol. The van der Waals surface area contributed by atoms with E-state index in [2.05, 4.69) is 43.9 Å². The Hall–Kier alpha value is -0.900. The Morgan fingerprint density at radius 3 is 2.95 bits per heavy atom. The molecule has 3 nitrogen and oxygen atoms in total. The molecule has 0 saturated carbocycles. The molecule has 1 aliphatic heterocycles. The highest BCUT2D eigenvalue weighted by molar-refractivity contribution is 5.35. The zero-order chi connectivity index (χ0) is 13.8. The molecule has 2 rings (SSSR count). The molecule has 0 amide bonds. The Morgan fingerprint density at radius 1 is 1.42 bits per heavy atom. The number of benzene rings is 1. The second-order valence-electron chi connectivity index (χ2n) is 5.52. The van der Waals surface area contributed by atoms with Crippen molar-refractivity contribution >= 4 is 0 Å². The molecule has 2 atom stereocenters. The van der Waals surface area contributed by atoms with Gasteiger partial charge in [-0.25, -0.2) is 0 Å². The van der Waals surface area contributed by atoms with Crippen LogP contribution in [0.1, 0.15) is 36.1 Å². The molecule has 1 fully saturated rings. The highest BCUT2D eigenvalue weighted by atomic mass is 16.5. The van der Waals surface area contributed by atoms with Crippen LogP contribution in [0.2, 0.25) is 0 Å². The summed E-state index contributed by atoms with van der Waals surface area (Å²) < 4.78 is 5.90. The van der Waals surface area contributed by atoms with Crippen LogP contribution < -0.4 is 5.73 Å². The van der Waals surface area contributed by atoms with E-state index < -0.39 is 0 Å². The fourth-order valence-electron chi connectivity index (χ4n) is 2.80. The zero-order valence-electron chi connectivity index (χ0n) is 12.4. The Labute approximate surface area is 116 Å². The first kappa shape index (κ1) is 14.5. The van der Waals surface area contributed by atoms with E-state index in [0.29, 0.717) is 0 Å². The van der Waals surface area contributed by atoms with Crippen molar-refractivity contribution in [2.24, 2.45) is 5.73 Å². The number of aryl methyl sites for hydroxylation is 1. The second kappa shape index (κ2) is 6.51. The van der Waals surface area contributed by atoms with Crippen molar-refractivity contribution in [3.8, 4) is 0 Å². The van der Waals surface area contributed by atoms with Gasteiger partial charge in [0.2, 0.25) is 0 Å². The zero-order valence-corrected chi connectivity index (χ0v) is 12.4. The first-order valence-electron chi connectivity index (χ1n) is 7.29. The van der Waals surface area contributed by atoms with Crippen LogP contribution in [0.15, 0.2) is 18.2 Å². The minimum atomic E-state index is -0.0282. The van der Waals surface area contributed by atoms with Crippen molar-refractivity contribution in [3.63, 3.8) is 0 Å². The molecule has 0 spiro atoms. The number of ether oxygens (including phenoxy) is 1. The smallest absolute Gasteiger partial charge is 0.0894 e. The van der Waals surface area contributed by atoms with Gasteiger partial charge < -0.3 is 10.5 Å². The van der Waals surface area contributed by atoms with Crippen molar-refractivity contribution in [1.29, 1.82) is 0 Å². The summed E-state index contributed by atoms with van der Waals surface area (Å²) in [4.78, 5) is 2.46. The Kier molecular flexibility index (Phi) is 4.97. The van der Waals surface area contributed by atoms with Gasteiger partial charge in [-0.05, 0) is 43.5 Å². The molecule has 3 heteroatoms. The lowest BCUT2D eigenvalue weighted by Crippen LogP contribution is -2.47. The average Bonchev–Trinajstić information content (AvgIpc) is 2.42. The van der Waals surface area contributed by atoms with Crippen LogP contribution in [0.5, 0.6) is 0 Å². The molecule has 0 radical (unpaired) electrons. The summed E-state index contributed by atoms with van der Waals surface area (Å²) in [5, 5.41) is 0. The normalized spacial score (nSPS) is 22.4. The van der Waals surface area contributed by atoms with E-state index in [1.165, 1.54) is 23.1 Å². The molecule has 1 aromatic rings. The van der Waals surface area contributed by atoms with Crippen LogP contribution >= 0.6 is 0 Å². The lowest BCUT2D eigenvalue weighted by Gasteiger charge is -2.36. The van der Waals surface area contributed by atoms with Crippen LogP contribution in [0.3, 0.4) is 0 Å². The summed E-state index contributed by atoms with van der Waals surface area (Å²) in [6.45, 7) is 10.4. The van der Waals surface area contributed by atoms with Gasteiger partial charge in [0, 0.05) is 13.1 Å². The van der Waals surface area contributed by atoms with Crippen molar-refractivity contribution in [3.05, 3.63) is 34.9 Å². The first-order valence-corrected chi connectivity index (χ1v) is 7.29. The summed E-state index contributed by atoms with van der Waals surface area (Å²) >= 11 is 0. The van der Waals surface area contributed by atoms with Crippen LogP contribution in [0, 0.1) is 13.8 Å². The molecule has 19 heavy (non-hydrogen) atoms. The van der Waals surface area contributed by atoms with Gasteiger partial charge in [-0.2, -0.15) is 0 Å². The van der Waals surface area contributed by atoms with Crippen LogP contribution in [0.4, 0.5) is 0 Å². The highest BCUT2D eigenvalue weighted by Gasteiger charge is 2.27. The van der Waals surface area contributed by atoms with Gasteiger partial charge >= 0.3 is 0 Å². The Bertz CT molecular complexity index is 417. The van der Waals surface area contributed by atoms with Crippen molar-refractivity contribution in [2.75, 3.05) is 26.2 Å². The molecule has 1 aromatic carbocycles. The quantitative estimate of drug-likeness (QED) is 0.905. The van der Waals surface area contributed by atoms with Crippen molar-refractivity contribution in [2.45, 2.75) is 39.3 Å². The SMILES string of the molecule is CCCN1CCOC(C(N)c2cccc(C)c2C)C1. The van der Waals surface area contributed by atoms with E-state index in [9.17, 15) is 0 Å². The Morgan fingerprint density at radius 2 is 2.21 bits per heavy atom. The molecule has 1 saturated heterocycles. The predicted molar refractivity (Wildman–Crippen MR) is 79.3 cm³/mol. The fraction of sp³-hybridized carbons (Fsp3) is 0.625. The highest BCUT2D eigenvalue weighted by Crippen LogP contribution is 2.24. The molecule has 0 bridgehead atoms. The molecule has 2 unspecified atom stereocenters. The number of nitrogens with zero attached hydrogens (tertiary/aromatic N) is 1. The van der Waals surface area contributed by atoms with E-state index in [-0.39, 0.29) is 12.1 Å². The predicted octanol–water partition coefficient (Wildman–Crippen LogP) is 2.41. The van der Waals surface area contributed by atoms with Gasteiger partial charge in [0.25, 0.3) is 0 Å². The summed E-state index contributed by atoms with van der Waals surface area (Å²) in [5.74, 6) is 0. The van der Waals surface area contributed by atoms with Gasteiger partial charge in [0.05, 0.1) is 18.8 Å². The third-order valence-electron chi connectivity index (χ3n) is 4.12. The molecular weight excluding hydrogens is 236 g/mol. The number of hydrogen-bond donors (Lipinski definition) is 1. The summed E-state index contributed by atoms with van der Waals surface area (Å²) in [6, 6.07) is 6.33. The second-order valence-corrected chi connectivity index (χ2v) is 5.52. The third-order valence-corrected chi connectivity index (χ3v) is 4.12. The largest absolute Gasteiger partial charge is 0.374 e. The molecule has 0 aliphatic carbocycles. The van der Waals surface area contributed by atoms with Crippen LogP contribution in [-0.4, -0.2) is 37.2 Å². The Balaban J connectivity index is 2.10. The van der Waals surface area contributed by atoms with Gasteiger partial charge in [-0.3, -0.25) is 4.90 Å². The molecule has 1 aliphatic rings. The van der Waals surface area contributed by atoms with Crippen molar-refractivity contribution < 1.29 is 4.74 Å². The number of nitrogens with two attached hydrogens (primary N) is 1. The van der Waals surface area contributed by atoms with Crippen LogP contribution in [0.25, 0.3) is 0 Å². The number of hydrogen-bond acceptors (Lipinski definition) is 3. The standard InChI is InChI=1S/C16H26N2O/c1-4-8-18-9-10-19-15(11-18)16(17)14-7-5-6-12(2)13(14)3/h5-7,15-16H,4,8-11,17H2,1-3H3.